The number of aryl methyl sites for hydroxylation is 1. The van der Waals surface area contributed by atoms with E-state index in [1.807, 2.05) is 12.1 Å². The second kappa shape index (κ2) is 3.61. The molecule has 0 radical (unpaired) electrons. The molecule has 1 aromatic heterocycles. The molecule has 2 rings (SSSR count). The minimum Gasteiger partial charge on any atom is -0.428 e. The van der Waals surface area contributed by atoms with Crippen LogP contribution in [0.15, 0.2) is 33.5 Å². The summed E-state index contributed by atoms with van der Waals surface area (Å²) in [5.74, 6) is 0.671. The van der Waals surface area contributed by atoms with Crippen molar-refractivity contribution in [3.63, 3.8) is 0 Å². The Morgan fingerprint density at radius 3 is 2.86 bits per heavy atom. The van der Waals surface area contributed by atoms with Gasteiger partial charge < -0.3 is 7.48 Å². The van der Waals surface area contributed by atoms with Crippen LogP contribution in [0.4, 0.5) is 0 Å². The Kier molecular flexibility index (Phi) is 2.45. The van der Waals surface area contributed by atoms with Crippen LogP contribution >= 0.6 is 23.0 Å². The maximum absolute atomic E-state index is 11.2. The first kappa shape index (κ1) is 9.51. The van der Waals surface area contributed by atoms with Crippen LogP contribution in [0.2, 0.25) is 0 Å². The summed E-state index contributed by atoms with van der Waals surface area (Å²) in [4.78, 5) is 11.2. The molecule has 4 heteroatoms. The Balaban J connectivity index is 2.77. The van der Waals surface area contributed by atoms with Crippen molar-refractivity contribution in [2.75, 3.05) is 0 Å². The van der Waals surface area contributed by atoms with Gasteiger partial charge in [0.1, 0.15) is 11.3 Å². The molecule has 0 aliphatic carbocycles. The molecule has 0 saturated heterocycles. The normalized spacial score (nSPS) is 10.4. The third-order valence-electron chi connectivity index (χ3n) is 1.97. The monoisotopic (exact) mass is 302 g/mol. The van der Waals surface area contributed by atoms with Gasteiger partial charge in [0.15, 0.2) is 23.0 Å². The predicted molar refractivity (Wildman–Crippen MR) is 61.9 cm³/mol. The van der Waals surface area contributed by atoms with Crippen molar-refractivity contribution >= 4 is 34.0 Å². The van der Waals surface area contributed by atoms with Gasteiger partial charge in [-0.1, -0.05) is 0 Å². The highest BCUT2D eigenvalue weighted by Gasteiger charge is 2.02. The molecule has 2 aromatic rings. The third-order valence-corrected chi connectivity index (χ3v) is 2.48. The van der Waals surface area contributed by atoms with E-state index in [0.29, 0.717) is 16.9 Å². The van der Waals surface area contributed by atoms with E-state index in [1.165, 1.54) is 0 Å². The van der Waals surface area contributed by atoms with E-state index in [-0.39, 0.29) is 5.63 Å². The van der Waals surface area contributed by atoms with Crippen LogP contribution in [0.25, 0.3) is 11.0 Å². The first-order valence-corrected chi connectivity index (χ1v) is 4.92. The lowest BCUT2D eigenvalue weighted by atomic mass is 10.2. The zero-order valence-corrected chi connectivity index (χ0v) is 9.57. The molecule has 72 valence electrons. The van der Waals surface area contributed by atoms with Crippen molar-refractivity contribution in [2.45, 2.75) is 6.92 Å². The van der Waals surface area contributed by atoms with Gasteiger partial charge in [0, 0.05) is 17.0 Å². The average Bonchev–Trinajstić information content (AvgIpc) is 2.19. The molecule has 14 heavy (non-hydrogen) atoms. The lowest BCUT2D eigenvalue weighted by Gasteiger charge is -2.00. The van der Waals surface area contributed by atoms with Crippen LogP contribution in [0.1, 0.15) is 5.56 Å². The van der Waals surface area contributed by atoms with Gasteiger partial charge in [-0.05, 0) is 25.1 Å². The molecule has 0 N–H and O–H groups in total. The number of fused-ring (bicyclic) bond motifs is 1. The summed E-state index contributed by atoms with van der Waals surface area (Å²) in [6.45, 7) is 1.73. The highest BCUT2D eigenvalue weighted by Crippen LogP contribution is 2.21. The number of benzene rings is 1. The van der Waals surface area contributed by atoms with Crippen LogP contribution in [0.5, 0.6) is 5.75 Å². The molecule has 0 saturated carbocycles. The highest BCUT2D eigenvalue weighted by atomic mass is 127. The maximum Gasteiger partial charge on any atom is 0.339 e. The summed E-state index contributed by atoms with van der Waals surface area (Å²) in [5.41, 5.74) is 0.860. The Morgan fingerprint density at radius 1 is 1.36 bits per heavy atom. The molecule has 0 aliphatic rings. The Hall–Kier alpha value is -1.04. The molecule has 0 atom stereocenters. The molecule has 0 aliphatic heterocycles. The molecule has 0 unspecified atom stereocenters. The quantitative estimate of drug-likeness (QED) is 0.600. The zero-order valence-electron chi connectivity index (χ0n) is 7.41. The van der Waals surface area contributed by atoms with E-state index >= 15 is 0 Å². The van der Waals surface area contributed by atoms with Crippen LogP contribution in [0.3, 0.4) is 0 Å². The summed E-state index contributed by atoms with van der Waals surface area (Å²) in [5, 5.41) is 0.902. The maximum atomic E-state index is 11.2. The first-order valence-electron chi connectivity index (χ1n) is 4.04. The van der Waals surface area contributed by atoms with E-state index < -0.39 is 0 Å². The average molecular weight is 302 g/mol. The van der Waals surface area contributed by atoms with Crippen molar-refractivity contribution in [3.8, 4) is 5.75 Å². The van der Waals surface area contributed by atoms with Crippen molar-refractivity contribution in [2.24, 2.45) is 0 Å². The van der Waals surface area contributed by atoms with Gasteiger partial charge >= 0.3 is 5.63 Å². The molecule has 0 fully saturated rings. The van der Waals surface area contributed by atoms with E-state index in [2.05, 4.69) is 0 Å². The predicted octanol–water partition coefficient (Wildman–Crippen LogP) is 2.83. The highest BCUT2D eigenvalue weighted by molar-refractivity contribution is 14.1. The van der Waals surface area contributed by atoms with Crippen LogP contribution < -0.4 is 8.69 Å². The molecule has 1 aromatic carbocycles. The lowest BCUT2D eigenvalue weighted by molar-refractivity contribution is 0.553. The largest absolute Gasteiger partial charge is 0.428 e. The van der Waals surface area contributed by atoms with Gasteiger partial charge in [-0.25, -0.2) is 4.79 Å². The van der Waals surface area contributed by atoms with E-state index in [4.69, 9.17) is 7.48 Å². The second-order valence-electron chi connectivity index (χ2n) is 2.99. The fourth-order valence-corrected chi connectivity index (χ4v) is 1.52. The van der Waals surface area contributed by atoms with Crippen LogP contribution in [-0.2, 0) is 0 Å². The van der Waals surface area contributed by atoms with Crippen molar-refractivity contribution < 1.29 is 7.48 Å². The standard InChI is InChI=1S/C10H7IO3/c1-6-4-7-2-3-8(14-11)5-9(7)13-10(6)12/h2-5H,1H3. The van der Waals surface area contributed by atoms with Crippen LogP contribution in [-0.4, -0.2) is 0 Å². The van der Waals surface area contributed by atoms with Gasteiger partial charge in [0.2, 0.25) is 0 Å². The topological polar surface area (TPSA) is 39.4 Å². The summed E-state index contributed by atoms with van der Waals surface area (Å²) in [6.07, 6.45) is 0. The number of hydrogen-bond acceptors (Lipinski definition) is 3. The van der Waals surface area contributed by atoms with Gasteiger partial charge in [0.25, 0.3) is 0 Å². The molecule has 3 nitrogen and oxygen atoms in total. The van der Waals surface area contributed by atoms with Crippen molar-refractivity contribution in [3.05, 3.63) is 40.2 Å². The zero-order chi connectivity index (χ0) is 10.1. The first-order chi connectivity index (χ1) is 6.70. The van der Waals surface area contributed by atoms with Crippen LogP contribution in [0, 0.1) is 6.92 Å². The molecule has 0 amide bonds. The SMILES string of the molecule is Cc1cc2ccc(OI)cc2oc1=O. The second-order valence-corrected chi connectivity index (χ2v) is 3.43. The summed E-state index contributed by atoms with van der Waals surface area (Å²) < 4.78 is 10.1. The molecule has 1 heterocycles. The Bertz CT molecular complexity index is 530. The third kappa shape index (κ3) is 1.61. The summed E-state index contributed by atoms with van der Waals surface area (Å²) in [6, 6.07) is 7.19. The van der Waals surface area contributed by atoms with Crippen molar-refractivity contribution in [1.82, 2.24) is 0 Å². The van der Waals surface area contributed by atoms with E-state index in [0.717, 1.165) is 5.39 Å². The minimum absolute atomic E-state index is 0.303. The fourth-order valence-electron chi connectivity index (χ4n) is 1.24. The summed E-state index contributed by atoms with van der Waals surface area (Å²) >= 11 is 1.78. The Labute approximate surface area is 94.4 Å². The van der Waals surface area contributed by atoms with Gasteiger partial charge in [-0.2, -0.15) is 0 Å². The smallest absolute Gasteiger partial charge is 0.339 e. The fraction of sp³-hybridized carbons (Fsp3) is 0.100. The van der Waals surface area contributed by atoms with E-state index in [9.17, 15) is 4.79 Å². The number of halogens is 1. The minimum atomic E-state index is -0.303. The van der Waals surface area contributed by atoms with Crippen molar-refractivity contribution in [1.29, 1.82) is 0 Å². The van der Waals surface area contributed by atoms with Gasteiger partial charge in [0.05, 0.1) is 0 Å². The molecular formula is C10H7IO3. The molecule has 0 spiro atoms. The number of rotatable bonds is 1. The molecular weight excluding hydrogens is 295 g/mol. The summed E-state index contributed by atoms with van der Waals surface area (Å²) in [7, 11) is 0. The van der Waals surface area contributed by atoms with E-state index in [1.54, 1.807) is 42.1 Å². The Morgan fingerprint density at radius 2 is 2.14 bits per heavy atom. The van der Waals surface area contributed by atoms with Gasteiger partial charge in [-0.15, -0.1) is 0 Å². The molecule has 0 bridgehead atoms. The lowest BCUT2D eigenvalue weighted by Crippen LogP contribution is -2.01. The van der Waals surface area contributed by atoms with Gasteiger partial charge in [-0.3, -0.25) is 0 Å². The number of hydrogen-bond donors (Lipinski definition) is 0.